The van der Waals surface area contributed by atoms with Crippen LogP contribution >= 0.6 is 0 Å². The van der Waals surface area contributed by atoms with Gasteiger partial charge < -0.3 is 10.4 Å². The summed E-state index contributed by atoms with van der Waals surface area (Å²) in [4.78, 5) is 10.3. The summed E-state index contributed by atoms with van der Waals surface area (Å²) in [6.45, 7) is 2.82. The van der Waals surface area contributed by atoms with Crippen LogP contribution < -0.4 is 10.0 Å². The second-order valence-electron chi connectivity index (χ2n) is 4.07. The lowest BCUT2D eigenvalue weighted by molar-refractivity contribution is -0.136. The number of piperidine rings is 1. The molecule has 1 rings (SSSR count). The second kappa shape index (κ2) is 5.60. The van der Waals surface area contributed by atoms with Gasteiger partial charge in [0.05, 0.1) is 12.2 Å². The molecule has 0 aromatic heterocycles. The molecule has 1 aliphatic rings. The van der Waals surface area contributed by atoms with Crippen molar-refractivity contribution >= 4 is 16.0 Å². The average Bonchev–Trinajstić information content (AvgIpc) is 2.19. The summed E-state index contributed by atoms with van der Waals surface area (Å²) in [5, 5.41) is 11.6. The summed E-state index contributed by atoms with van der Waals surface area (Å²) in [6.07, 6.45) is 1.36. The van der Waals surface area contributed by atoms with E-state index in [9.17, 15) is 13.2 Å². The van der Waals surface area contributed by atoms with Gasteiger partial charge in [-0.05, 0) is 26.3 Å². The predicted molar refractivity (Wildman–Crippen MR) is 59.7 cm³/mol. The summed E-state index contributed by atoms with van der Waals surface area (Å²) < 4.78 is 25.6. The fourth-order valence-electron chi connectivity index (χ4n) is 1.72. The van der Waals surface area contributed by atoms with E-state index in [1.807, 2.05) is 6.92 Å². The Labute approximate surface area is 95.5 Å². The van der Waals surface area contributed by atoms with Crippen LogP contribution in [-0.4, -0.2) is 43.9 Å². The van der Waals surface area contributed by atoms with Crippen molar-refractivity contribution in [2.24, 2.45) is 0 Å². The van der Waals surface area contributed by atoms with Crippen LogP contribution in [0.2, 0.25) is 0 Å². The quantitative estimate of drug-likeness (QED) is 0.612. The molecule has 1 saturated heterocycles. The van der Waals surface area contributed by atoms with E-state index in [0.717, 1.165) is 19.4 Å². The van der Waals surface area contributed by atoms with Gasteiger partial charge in [-0.1, -0.05) is 0 Å². The Morgan fingerprint density at radius 1 is 1.56 bits per heavy atom. The van der Waals surface area contributed by atoms with Crippen LogP contribution in [0, 0.1) is 0 Å². The van der Waals surface area contributed by atoms with Crippen LogP contribution in [-0.2, 0) is 14.8 Å². The second-order valence-corrected chi connectivity index (χ2v) is 5.95. The van der Waals surface area contributed by atoms with Gasteiger partial charge in [-0.2, -0.15) is 0 Å². The number of aliphatic carboxylic acids is 1. The van der Waals surface area contributed by atoms with Gasteiger partial charge in [-0.15, -0.1) is 0 Å². The number of sulfonamides is 1. The van der Waals surface area contributed by atoms with Crippen molar-refractivity contribution in [3.63, 3.8) is 0 Å². The van der Waals surface area contributed by atoms with Crippen LogP contribution in [0.15, 0.2) is 0 Å². The normalized spacial score (nSPS) is 26.6. The smallest absolute Gasteiger partial charge is 0.304 e. The molecule has 3 N–H and O–H groups in total. The third kappa shape index (κ3) is 4.46. The summed E-state index contributed by atoms with van der Waals surface area (Å²) >= 11 is 0. The lowest BCUT2D eigenvalue weighted by Gasteiger charge is -2.30. The van der Waals surface area contributed by atoms with E-state index in [-0.39, 0.29) is 24.3 Å². The zero-order valence-corrected chi connectivity index (χ0v) is 10.1. The van der Waals surface area contributed by atoms with Gasteiger partial charge in [0.1, 0.15) is 0 Å². The fourth-order valence-corrected chi connectivity index (χ4v) is 3.06. The van der Waals surface area contributed by atoms with E-state index < -0.39 is 16.0 Å². The highest BCUT2D eigenvalue weighted by Gasteiger charge is 2.25. The number of carbonyl (C=O) groups is 1. The van der Waals surface area contributed by atoms with Gasteiger partial charge in [0.2, 0.25) is 10.0 Å². The molecule has 6 nitrogen and oxygen atoms in total. The van der Waals surface area contributed by atoms with E-state index >= 15 is 0 Å². The Morgan fingerprint density at radius 2 is 2.25 bits per heavy atom. The van der Waals surface area contributed by atoms with Crippen molar-refractivity contribution in [3.8, 4) is 0 Å². The van der Waals surface area contributed by atoms with Crippen LogP contribution in [0.4, 0.5) is 0 Å². The zero-order valence-electron chi connectivity index (χ0n) is 9.27. The molecule has 0 aromatic carbocycles. The van der Waals surface area contributed by atoms with Crippen molar-refractivity contribution in [2.45, 2.75) is 38.3 Å². The number of hydrogen-bond acceptors (Lipinski definition) is 4. The molecule has 7 heteroatoms. The molecular weight excluding hydrogens is 232 g/mol. The van der Waals surface area contributed by atoms with Crippen molar-refractivity contribution in [1.82, 2.24) is 10.0 Å². The molecule has 2 unspecified atom stereocenters. The maximum Gasteiger partial charge on any atom is 0.304 e. The minimum Gasteiger partial charge on any atom is -0.481 e. The molecule has 94 valence electrons. The molecule has 1 heterocycles. The molecule has 0 spiro atoms. The Bertz CT molecular complexity index is 341. The lowest BCUT2D eigenvalue weighted by atomic mass is 10.0. The molecule has 0 bridgehead atoms. The van der Waals surface area contributed by atoms with E-state index in [0.29, 0.717) is 0 Å². The summed E-state index contributed by atoms with van der Waals surface area (Å²) in [5.74, 6) is -1.45. The fraction of sp³-hybridized carbons (Fsp3) is 0.889. The summed E-state index contributed by atoms with van der Waals surface area (Å²) in [7, 11) is -3.48. The minimum atomic E-state index is -3.48. The topological polar surface area (TPSA) is 95.5 Å². The minimum absolute atomic E-state index is 0.0911. The third-order valence-electron chi connectivity index (χ3n) is 2.68. The molecule has 0 radical (unpaired) electrons. The molecule has 0 aliphatic carbocycles. The van der Waals surface area contributed by atoms with Crippen molar-refractivity contribution < 1.29 is 18.3 Å². The Kier molecular flexibility index (Phi) is 4.69. The molecule has 16 heavy (non-hydrogen) atoms. The molecule has 2 atom stereocenters. The predicted octanol–water partition coefficient (Wildman–Crippen LogP) is -0.479. The average molecular weight is 250 g/mol. The van der Waals surface area contributed by atoms with Gasteiger partial charge in [0.15, 0.2) is 0 Å². The first-order chi connectivity index (χ1) is 7.41. The van der Waals surface area contributed by atoms with Gasteiger partial charge in [-0.3, -0.25) is 4.79 Å². The van der Waals surface area contributed by atoms with Gasteiger partial charge >= 0.3 is 5.97 Å². The third-order valence-corrected chi connectivity index (χ3v) is 4.08. The number of nitrogens with one attached hydrogen (secondary N) is 2. The summed E-state index contributed by atoms with van der Waals surface area (Å²) in [5.41, 5.74) is 0. The number of carboxylic acid groups (broad SMARTS) is 1. The Balaban J connectivity index is 2.47. The van der Waals surface area contributed by atoms with Gasteiger partial charge in [0, 0.05) is 12.1 Å². The Hall–Kier alpha value is -0.660. The SMILES string of the molecule is CC1NCCCC1NS(=O)(=O)CCC(=O)O. The van der Waals surface area contributed by atoms with Gasteiger partial charge in [0.25, 0.3) is 0 Å². The van der Waals surface area contributed by atoms with Gasteiger partial charge in [-0.25, -0.2) is 13.1 Å². The molecule has 0 saturated carbocycles. The van der Waals surface area contributed by atoms with E-state index in [2.05, 4.69) is 10.0 Å². The first-order valence-corrected chi connectivity index (χ1v) is 7.01. The number of rotatable bonds is 5. The zero-order chi connectivity index (χ0) is 12.2. The molecule has 1 aliphatic heterocycles. The van der Waals surface area contributed by atoms with Crippen molar-refractivity contribution in [3.05, 3.63) is 0 Å². The highest BCUT2D eigenvalue weighted by Crippen LogP contribution is 2.09. The number of hydrogen-bond donors (Lipinski definition) is 3. The highest BCUT2D eigenvalue weighted by atomic mass is 32.2. The standard InChI is InChI=1S/C9H18N2O4S/c1-7-8(3-2-5-10-7)11-16(14,15)6-4-9(12)13/h7-8,10-11H,2-6H2,1H3,(H,12,13). The first-order valence-electron chi connectivity index (χ1n) is 5.36. The van der Waals surface area contributed by atoms with Crippen molar-refractivity contribution in [2.75, 3.05) is 12.3 Å². The van der Waals surface area contributed by atoms with Crippen LogP contribution in [0.3, 0.4) is 0 Å². The number of carboxylic acids is 1. The summed E-state index contributed by atoms with van der Waals surface area (Å²) in [6, 6.07) is -0.0408. The van der Waals surface area contributed by atoms with E-state index in [1.54, 1.807) is 0 Å². The maximum absolute atomic E-state index is 11.5. The molecule has 0 aromatic rings. The molecule has 0 amide bonds. The van der Waals surface area contributed by atoms with Crippen molar-refractivity contribution in [1.29, 1.82) is 0 Å². The lowest BCUT2D eigenvalue weighted by Crippen LogP contribution is -2.52. The molecule has 1 fully saturated rings. The maximum atomic E-state index is 11.5. The van der Waals surface area contributed by atoms with Crippen LogP contribution in [0.5, 0.6) is 0 Å². The highest BCUT2D eigenvalue weighted by molar-refractivity contribution is 7.89. The largest absolute Gasteiger partial charge is 0.481 e. The Morgan fingerprint density at radius 3 is 2.81 bits per heavy atom. The molecular formula is C9H18N2O4S. The van der Waals surface area contributed by atoms with E-state index in [1.165, 1.54) is 0 Å². The first kappa shape index (κ1) is 13.4. The van der Waals surface area contributed by atoms with Crippen LogP contribution in [0.1, 0.15) is 26.2 Å². The monoisotopic (exact) mass is 250 g/mol. The van der Waals surface area contributed by atoms with Crippen LogP contribution in [0.25, 0.3) is 0 Å². The van der Waals surface area contributed by atoms with E-state index in [4.69, 9.17) is 5.11 Å².